The van der Waals surface area contributed by atoms with E-state index in [-0.39, 0.29) is 5.54 Å². The average molecular weight is 226 g/mol. The van der Waals surface area contributed by atoms with Crippen LogP contribution in [-0.4, -0.2) is 30.2 Å². The fraction of sp³-hybridized carbons (Fsp3) is 0.545. The summed E-state index contributed by atoms with van der Waals surface area (Å²) in [5.41, 5.74) is 0.0657. The number of piperazine rings is 1. The molecule has 4 heteroatoms. The summed E-state index contributed by atoms with van der Waals surface area (Å²) in [5.74, 6) is 0.894. The topological polar surface area (TPSA) is 28.2 Å². The predicted molar refractivity (Wildman–Crippen MR) is 63.5 cm³/mol. The number of hydrogen-bond acceptors (Lipinski definition) is 3. The molecule has 0 bridgehead atoms. The van der Waals surface area contributed by atoms with Gasteiger partial charge in [-0.25, -0.2) is 4.98 Å². The molecule has 1 aliphatic heterocycles. The zero-order valence-corrected chi connectivity index (χ0v) is 9.88. The SMILES string of the molecule is CC1(C)CNCCN1c1ncccc1Cl. The zero-order chi connectivity index (χ0) is 10.9. The van der Waals surface area contributed by atoms with E-state index >= 15 is 0 Å². The van der Waals surface area contributed by atoms with Gasteiger partial charge >= 0.3 is 0 Å². The summed E-state index contributed by atoms with van der Waals surface area (Å²) in [6.45, 7) is 7.29. The molecule has 0 saturated carbocycles. The minimum atomic E-state index is 0.0657. The van der Waals surface area contributed by atoms with E-state index in [1.807, 2.05) is 12.1 Å². The molecule has 0 aliphatic carbocycles. The molecule has 82 valence electrons. The molecule has 1 saturated heterocycles. The van der Waals surface area contributed by atoms with Crippen LogP contribution in [0.2, 0.25) is 5.02 Å². The van der Waals surface area contributed by atoms with Crippen LogP contribution < -0.4 is 10.2 Å². The second kappa shape index (κ2) is 3.99. The Labute approximate surface area is 95.4 Å². The Morgan fingerprint density at radius 1 is 1.53 bits per heavy atom. The third-order valence-electron chi connectivity index (χ3n) is 2.80. The second-order valence-electron chi connectivity index (χ2n) is 4.45. The van der Waals surface area contributed by atoms with E-state index in [9.17, 15) is 0 Å². The largest absolute Gasteiger partial charge is 0.348 e. The van der Waals surface area contributed by atoms with E-state index in [0.717, 1.165) is 30.5 Å². The van der Waals surface area contributed by atoms with Gasteiger partial charge in [-0.05, 0) is 26.0 Å². The van der Waals surface area contributed by atoms with E-state index in [0.29, 0.717) is 0 Å². The van der Waals surface area contributed by atoms with Gasteiger partial charge in [0.1, 0.15) is 5.82 Å². The first-order valence-electron chi connectivity index (χ1n) is 5.20. The second-order valence-corrected chi connectivity index (χ2v) is 4.86. The van der Waals surface area contributed by atoms with Gasteiger partial charge in [0, 0.05) is 31.4 Å². The maximum Gasteiger partial charge on any atom is 0.147 e. The van der Waals surface area contributed by atoms with Gasteiger partial charge in [-0.1, -0.05) is 11.6 Å². The minimum Gasteiger partial charge on any atom is -0.348 e. The van der Waals surface area contributed by atoms with Crippen molar-refractivity contribution in [1.82, 2.24) is 10.3 Å². The summed E-state index contributed by atoms with van der Waals surface area (Å²) in [6, 6.07) is 3.75. The lowest BCUT2D eigenvalue weighted by molar-refractivity contribution is 0.378. The molecule has 0 unspecified atom stereocenters. The first kappa shape index (κ1) is 10.7. The molecule has 0 atom stereocenters. The van der Waals surface area contributed by atoms with Gasteiger partial charge in [-0.2, -0.15) is 0 Å². The first-order chi connectivity index (χ1) is 7.11. The highest BCUT2D eigenvalue weighted by molar-refractivity contribution is 6.32. The van der Waals surface area contributed by atoms with Crippen molar-refractivity contribution in [3.05, 3.63) is 23.4 Å². The van der Waals surface area contributed by atoms with Crippen molar-refractivity contribution in [3.63, 3.8) is 0 Å². The Morgan fingerprint density at radius 2 is 2.33 bits per heavy atom. The number of pyridine rings is 1. The van der Waals surface area contributed by atoms with Gasteiger partial charge in [0.05, 0.1) is 5.02 Å². The molecule has 0 spiro atoms. The van der Waals surface area contributed by atoms with E-state index in [2.05, 4.69) is 29.0 Å². The van der Waals surface area contributed by atoms with Crippen molar-refractivity contribution in [2.75, 3.05) is 24.5 Å². The molecule has 1 fully saturated rings. The first-order valence-corrected chi connectivity index (χ1v) is 5.58. The molecule has 3 nitrogen and oxygen atoms in total. The molecule has 15 heavy (non-hydrogen) atoms. The maximum absolute atomic E-state index is 6.16. The van der Waals surface area contributed by atoms with Crippen LogP contribution in [0.15, 0.2) is 18.3 Å². The zero-order valence-electron chi connectivity index (χ0n) is 9.13. The fourth-order valence-corrected chi connectivity index (χ4v) is 2.18. The van der Waals surface area contributed by atoms with Crippen molar-refractivity contribution >= 4 is 17.4 Å². The molecule has 0 aromatic carbocycles. The Bertz CT molecular complexity index is 351. The van der Waals surface area contributed by atoms with E-state index in [1.165, 1.54) is 0 Å². The standard InChI is InChI=1S/C11H16ClN3/c1-11(2)8-13-6-7-15(11)10-9(12)4-3-5-14-10/h3-5,13H,6-8H2,1-2H3. The number of anilines is 1. The highest BCUT2D eigenvalue weighted by Gasteiger charge is 2.31. The van der Waals surface area contributed by atoms with Crippen LogP contribution in [0.3, 0.4) is 0 Å². The maximum atomic E-state index is 6.16. The van der Waals surface area contributed by atoms with E-state index < -0.39 is 0 Å². The van der Waals surface area contributed by atoms with Gasteiger partial charge in [-0.15, -0.1) is 0 Å². The molecule has 1 aromatic heterocycles. The summed E-state index contributed by atoms with van der Waals surface area (Å²) in [6.07, 6.45) is 1.79. The lowest BCUT2D eigenvalue weighted by Crippen LogP contribution is -2.58. The molecule has 1 N–H and O–H groups in total. The molecule has 2 heterocycles. The molecule has 0 radical (unpaired) electrons. The van der Waals surface area contributed by atoms with Crippen molar-refractivity contribution in [2.24, 2.45) is 0 Å². The summed E-state index contributed by atoms with van der Waals surface area (Å²) >= 11 is 6.16. The number of nitrogens with zero attached hydrogens (tertiary/aromatic N) is 2. The molecule has 1 aromatic rings. The molecule has 0 amide bonds. The van der Waals surface area contributed by atoms with Gasteiger partial charge in [0.25, 0.3) is 0 Å². The van der Waals surface area contributed by atoms with Crippen LogP contribution in [0.5, 0.6) is 0 Å². The van der Waals surface area contributed by atoms with Crippen molar-refractivity contribution < 1.29 is 0 Å². The van der Waals surface area contributed by atoms with Crippen LogP contribution in [0.1, 0.15) is 13.8 Å². The quantitative estimate of drug-likeness (QED) is 0.792. The van der Waals surface area contributed by atoms with Gasteiger partial charge < -0.3 is 10.2 Å². The van der Waals surface area contributed by atoms with E-state index in [4.69, 9.17) is 11.6 Å². The Kier molecular flexibility index (Phi) is 2.85. The summed E-state index contributed by atoms with van der Waals surface area (Å²) in [7, 11) is 0. The van der Waals surface area contributed by atoms with Crippen LogP contribution >= 0.6 is 11.6 Å². The summed E-state index contributed by atoms with van der Waals surface area (Å²) in [5, 5.41) is 4.11. The lowest BCUT2D eigenvalue weighted by Gasteiger charge is -2.43. The number of aromatic nitrogens is 1. The number of hydrogen-bond donors (Lipinski definition) is 1. The minimum absolute atomic E-state index is 0.0657. The molecular weight excluding hydrogens is 210 g/mol. The van der Waals surface area contributed by atoms with Crippen molar-refractivity contribution in [2.45, 2.75) is 19.4 Å². The fourth-order valence-electron chi connectivity index (χ4n) is 1.95. The lowest BCUT2D eigenvalue weighted by atomic mass is 10.0. The van der Waals surface area contributed by atoms with Crippen LogP contribution in [0, 0.1) is 0 Å². The van der Waals surface area contributed by atoms with Gasteiger partial charge in [-0.3, -0.25) is 0 Å². The number of rotatable bonds is 1. The van der Waals surface area contributed by atoms with E-state index in [1.54, 1.807) is 6.20 Å². The monoisotopic (exact) mass is 225 g/mol. The van der Waals surface area contributed by atoms with Crippen LogP contribution in [-0.2, 0) is 0 Å². The van der Waals surface area contributed by atoms with Crippen molar-refractivity contribution in [3.8, 4) is 0 Å². The van der Waals surface area contributed by atoms with Crippen LogP contribution in [0.4, 0.5) is 5.82 Å². The Balaban J connectivity index is 2.33. The number of halogens is 1. The van der Waals surface area contributed by atoms with Gasteiger partial charge in [0.2, 0.25) is 0 Å². The third kappa shape index (κ3) is 2.08. The number of nitrogens with one attached hydrogen (secondary N) is 1. The van der Waals surface area contributed by atoms with Crippen molar-refractivity contribution in [1.29, 1.82) is 0 Å². The smallest absolute Gasteiger partial charge is 0.147 e. The third-order valence-corrected chi connectivity index (χ3v) is 3.09. The Hall–Kier alpha value is -0.800. The highest BCUT2D eigenvalue weighted by Crippen LogP contribution is 2.29. The normalized spacial score (nSPS) is 20.3. The highest BCUT2D eigenvalue weighted by atomic mass is 35.5. The van der Waals surface area contributed by atoms with Crippen LogP contribution in [0.25, 0.3) is 0 Å². The predicted octanol–water partition coefficient (Wildman–Crippen LogP) is 1.92. The average Bonchev–Trinajstić information content (AvgIpc) is 2.19. The molecule has 1 aliphatic rings. The summed E-state index contributed by atoms with van der Waals surface area (Å²) < 4.78 is 0. The molecule has 2 rings (SSSR count). The van der Waals surface area contributed by atoms with Gasteiger partial charge in [0.15, 0.2) is 0 Å². The molecular formula is C11H16ClN3. The Morgan fingerprint density at radius 3 is 3.00 bits per heavy atom. The summed E-state index contributed by atoms with van der Waals surface area (Å²) in [4.78, 5) is 6.63.